The summed E-state index contributed by atoms with van der Waals surface area (Å²) in [5, 5.41) is 5.79. The lowest BCUT2D eigenvalue weighted by molar-refractivity contribution is 0.502. The van der Waals surface area contributed by atoms with Crippen molar-refractivity contribution < 1.29 is 0 Å². The van der Waals surface area contributed by atoms with Gasteiger partial charge in [-0.2, -0.15) is 0 Å². The van der Waals surface area contributed by atoms with Crippen LogP contribution in [-0.2, 0) is 6.54 Å². The Morgan fingerprint density at radius 3 is 2.67 bits per heavy atom. The Morgan fingerprint density at radius 2 is 2.10 bits per heavy atom. The first-order chi connectivity index (χ1) is 9.93. The number of nitrogens with one attached hydrogen (secondary N) is 1. The second-order valence-electron chi connectivity index (χ2n) is 5.77. The van der Waals surface area contributed by atoms with Gasteiger partial charge in [-0.25, -0.2) is 4.98 Å². The van der Waals surface area contributed by atoms with Gasteiger partial charge in [0.2, 0.25) is 0 Å². The first kappa shape index (κ1) is 15.8. The minimum Gasteiger partial charge on any atom is -0.365 e. The lowest BCUT2D eigenvalue weighted by atomic mass is 10.1. The number of hydrogen-bond donors (Lipinski definition) is 1. The van der Waals surface area contributed by atoms with Crippen molar-refractivity contribution in [3.05, 3.63) is 33.1 Å². The molecule has 4 nitrogen and oxygen atoms in total. The monoisotopic (exact) mass is 305 g/mol. The minimum absolute atomic E-state index is 0.0705. The number of anilines is 1. The summed E-state index contributed by atoms with van der Waals surface area (Å²) in [5.74, 6) is 0.580. The predicted molar refractivity (Wildman–Crippen MR) is 90.3 cm³/mol. The van der Waals surface area contributed by atoms with Gasteiger partial charge in [0.05, 0.1) is 11.3 Å². The number of thiazole rings is 1. The largest absolute Gasteiger partial charge is 0.365 e. The van der Waals surface area contributed by atoms with Crippen molar-refractivity contribution in [2.75, 3.05) is 12.4 Å². The summed E-state index contributed by atoms with van der Waals surface area (Å²) in [6, 6.07) is 2.08. The van der Waals surface area contributed by atoms with Gasteiger partial charge in [0.1, 0.15) is 0 Å². The molecule has 2 aromatic rings. The van der Waals surface area contributed by atoms with Crippen LogP contribution in [0.5, 0.6) is 0 Å². The first-order valence-electron chi connectivity index (χ1n) is 7.28. The van der Waals surface area contributed by atoms with Crippen LogP contribution in [0.4, 0.5) is 5.13 Å². The van der Waals surface area contributed by atoms with E-state index in [4.69, 9.17) is 0 Å². The summed E-state index contributed by atoms with van der Waals surface area (Å²) in [6.45, 7) is 9.09. The molecule has 2 rings (SSSR count). The van der Waals surface area contributed by atoms with Gasteiger partial charge in [0.25, 0.3) is 5.56 Å². The molecule has 0 aliphatic heterocycles. The van der Waals surface area contributed by atoms with E-state index in [1.54, 1.807) is 0 Å². The highest BCUT2D eigenvalue weighted by molar-refractivity contribution is 7.14. The van der Waals surface area contributed by atoms with Gasteiger partial charge in [-0.1, -0.05) is 13.8 Å². The van der Waals surface area contributed by atoms with E-state index in [0.717, 1.165) is 40.6 Å². The fourth-order valence-corrected chi connectivity index (χ4v) is 3.07. The Hall–Kier alpha value is -1.62. The third kappa shape index (κ3) is 3.35. The van der Waals surface area contributed by atoms with Crippen LogP contribution in [0.15, 0.2) is 16.2 Å². The molecule has 114 valence electrons. The zero-order valence-electron chi connectivity index (χ0n) is 13.4. The van der Waals surface area contributed by atoms with E-state index >= 15 is 0 Å². The second-order valence-corrected chi connectivity index (χ2v) is 6.63. The molecule has 0 spiro atoms. The highest BCUT2D eigenvalue weighted by Gasteiger charge is 2.15. The third-order valence-electron chi connectivity index (χ3n) is 3.61. The molecular formula is C16H23N3OS. The summed E-state index contributed by atoms with van der Waals surface area (Å²) in [6.07, 6.45) is 1.00. The highest BCUT2D eigenvalue weighted by atomic mass is 32.1. The number of aryl methyl sites for hydroxylation is 2. The molecule has 21 heavy (non-hydrogen) atoms. The lowest BCUT2D eigenvalue weighted by Crippen LogP contribution is -2.25. The molecule has 0 aliphatic rings. The Labute approximate surface area is 129 Å². The van der Waals surface area contributed by atoms with E-state index in [1.807, 2.05) is 30.8 Å². The summed E-state index contributed by atoms with van der Waals surface area (Å²) in [4.78, 5) is 17.3. The first-order valence-corrected chi connectivity index (χ1v) is 8.16. The highest BCUT2D eigenvalue weighted by Crippen LogP contribution is 2.25. The molecule has 5 heteroatoms. The molecule has 1 N–H and O–H groups in total. The van der Waals surface area contributed by atoms with Gasteiger partial charge in [0.15, 0.2) is 5.13 Å². The maximum absolute atomic E-state index is 12.8. The van der Waals surface area contributed by atoms with E-state index in [9.17, 15) is 4.79 Å². The molecule has 0 bridgehead atoms. The zero-order chi connectivity index (χ0) is 15.6. The second kappa shape index (κ2) is 6.43. The molecular weight excluding hydrogens is 282 g/mol. The maximum atomic E-state index is 12.8. The van der Waals surface area contributed by atoms with Gasteiger partial charge < -0.3 is 9.88 Å². The van der Waals surface area contributed by atoms with Crippen molar-refractivity contribution in [2.45, 2.75) is 40.7 Å². The Bertz CT molecular complexity index is 685. The molecule has 0 fully saturated rings. The van der Waals surface area contributed by atoms with Crippen molar-refractivity contribution in [1.82, 2.24) is 9.55 Å². The van der Waals surface area contributed by atoms with Crippen molar-refractivity contribution in [3.63, 3.8) is 0 Å². The van der Waals surface area contributed by atoms with Crippen LogP contribution in [0.2, 0.25) is 0 Å². The molecule has 0 saturated heterocycles. The summed E-state index contributed by atoms with van der Waals surface area (Å²) < 4.78 is 1.88. The van der Waals surface area contributed by atoms with E-state index < -0.39 is 0 Å². The van der Waals surface area contributed by atoms with Crippen molar-refractivity contribution in [3.8, 4) is 11.3 Å². The summed E-state index contributed by atoms with van der Waals surface area (Å²) in [7, 11) is 1.84. The van der Waals surface area contributed by atoms with Crippen LogP contribution in [0.3, 0.4) is 0 Å². The van der Waals surface area contributed by atoms with Crippen molar-refractivity contribution in [2.24, 2.45) is 5.92 Å². The number of nitrogens with zero attached hydrogens (tertiary/aromatic N) is 2. The minimum atomic E-state index is 0.0705. The molecule has 0 amide bonds. The van der Waals surface area contributed by atoms with Gasteiger partial charge in [-0.05, 0) is 37.8 Å². The van der Waals surface area contributed by atoms with Crippen LogP contribution >= 0.6 is 11.3 Å². The fourth-order valence-electron chi connectivity index (χ4n) is 2.41. The molecule has 2 aromatic heterocycles. The molecule has 0 aromatic carbocycles. The van der Waals surface area contributed by atoms with Crippen LogP contribution in [-0.4, -0.2) is 16.6 Å². The SMILES string of the molecule is CNc1nc(-c2c(C)cc(C)n(CCC(C)C)c2=O)cs1. The number of hydrogen-bond acceptors (Lipinski definition) is 4. The number of rotatable bonds is 5. The van der Waals surface area contributed by atoms with E-state index in [1.165, 1.54) is 11.3 Å². The maximum Gasteiger partial charge on any atom is 0.260 e. The van der Waals surface area contributed by atoms with E-state index in [2.05, 4.69) is 30.2 Å². The van der Waals surface area contributed by atoms with Crippen molar-refractivity contribution in [1.29, 1.82) is 0 Å². The van der Waals surface area contributed by atoms with E-state index in [0.29, 0.717) is 5.92 Å². The molecule has 0 aliphatic carbocycles. The van der Waals surface area contributed by atoms with E-state index in [-0.39, 0.29) is 5.56 Å². The van der Waals surface area contributed by atoms with Gasteiger partial charge >= 0.3 is 0 Å². The quantitative estimate of drug-likeness (QED) is 0.916. The molecule has 0 atom stereocenters. The predicted octanol–water partition coefficient (Wildman–Crippen LogP) is 3.68. The van der Waals surface area contributed by atoms with Gasteiger partial charge in [-0.3, -0.25) is 4.79 Å². The smallest absolute Gasteiger partial charge is 0.260 e. The normalized spacial score (nSPS) is 11.1. The molecule has 2 heterocycles. The van der Waals surface area contributed by atoms with Gasteiger partial charge in [0, 0.05) is 24.7 Å². The molecule has 0 unspecified atom stereocenters. The molecule has 0 saturated carbocycles. The number of pyridine rings is 1. The third-order valence-corrected chi connectivity index (χ3v) is 4.47. The summed E-state index contributed by atoms with van der Waals surface area (Å²) in [5.41, 5.74) is 3.57. The fraction of sp³-hybridized carbons (Fsp3) is 0.500. The average molecular weight is 305 g/mol. The molecule has 0 radical (unpaired) electrons. The zero-order valence-corrected chi connectivity index (χ0v) is 14.2. The topological polar surface area (TPSA) is 46.9 Å². The Balaban J connectivity index is 2.50. The van der Waals surface area contributed by atoms with Crippen LogP contribution in [0.25, 0.3) is 11.3 Å². The van der Waals surface area contributed by atoms with Crippen LogP contribution < -0.4 is 10.9 Å². The van der Waals surface area contributed by atoms with Gasteiger partial charge in [-0.15, -0.1) is 11.3 Å². The Morgan fingerprint density at radius 1 is 1.38 bits per heavy atom. The Kier molecular flexibility index (Phi) is 4.83. The standard InChI is InChI=1S/C16H23N3OS/c1-10(2)6-7-19-12(4)8-11(3)14(15(19)20)13-9-21-16(17-5)18-13/h8-10H,6-7H2,1-5H3,(H,17,18). The van der Waals surface area contributed by atoms with Crippen LogP contribution in [0, 0.1) is 19.8 Å². The number of aromatic nitrogens is 2. The van der Waals surface area contributed by atoms with Crippen molar-refractivity contribution >= 4 is 16.5 Å². The summed E-state index contributed by atoms with van der Waals surface area (Å²) >= 11 is 1.52. The average Bonchev–Trinajstić information content (AvgIpc) is 2.86. The van der Waals surface area contributed by atoms with Crippen LogP contribution in [0.1, 0.15) is 31.5 Å². The lowest BCUT2D eigenvalue weighted by Gasteiger charge is -2.14.